The molecular formula is C15H24ClN. The van der Waals surface area contributed by atoms with Crippen LogP contribution in [-0.4, -0.2) is 13.1 Å². The van der Waals surface area contributed by atoms with Crippen LogP contribution in [0.25, 0.3) is 0 Å². The van der Waals surface area contributed by atoms with Gasteiger partial charge in [0.25, 0.3) is 0 Å². The summed E-state index contributed by atoms with van der Waals surface area (Å²) in [5.41, 5.74) is 1.36. The normalized spacial score (nSPS) is 13.0. The average Bonchev–Trinajstić information content (AvgIpc) is 2.30. The molecule has 0 aromatic heterocycles. The van der Waals surface area contributed by atoms with E-state index in [2.05, 4.69) is 38.3 Å². The quantitative estimate of drug-likeness (QED) is 0.764. The summed E-state index contributed by atoms with van der Waals surface area (Å²) in [7, 11) is 2.05. The van der Waals surface area contributed by atoms with Gasteiger partial charge in [-0.25, -0.2) is 0 Å². The Hall–Kier alpha value is -0.530. The van der Waals surface area contributed by atoms with Crippen LogP contribution in [0.15, 0.2) is 24.3 Å². The van der Waals surface area contributed by atoms with Crippen molar-refractivity contribution in [1.82, 2.24) is 5.32 Å². The van der Waals surface area contributed by atoms with Crippen molar-refractivity contribution in [3.63, 3.8) is 0 Å². The topological polar surface area (TPSA) is 12.0 Å². The Bertz CT molecular complexity index is 305. The molecule has 0 aliphatic rings. The van der Waals surface area contributed by atoms with Gasteiger partial charge in [0.1, 0.15) is 0 Å². The van der Waals surface area contributed by atoms with Crippen molar-refractivity contribution in [1.29, 1.82) is 0 Å². The van der Waals surface area contributed by atoms with Gasteiger partial charge in [-0.2, -0.15) is 0 Å². The molecule has 1 rings (SSSR count). The molecule has 0 spiro atoms. The Kier molecular flexibility index (Phi) is 6.61. The van der Waals surface area contributed by atoms with Crippen LogP contribution < -0.4 is 5.32 Å². The molecular weight excluding hydrogens is 230 g/mol. The van der Waals surface area contributed by atoms with E-state index in [-0.39, 0.29) is 0 Å². The van der Waals surface area contributed by atoms with Gasteiger partial charge in [0, 0.05) is 11.1 Å². The molecule has 0 radical (unpaired) electrons. The zero-order valence-electron chi connectivity index (χ0n) is 11.2. The highest BCUT2D eigenvalue weighted by Gasteiger charge is 2.07. The van der Waals surface area contributed by atoms with E-state index < -0.39 is 0 Å². The number of rotatable bonds is 7. The lowest BCUT2D eigenvalue weighted by Crippen LogP contribution is -2.27. The second-order valence-corrected chi connectivity index (χ2v) is 5.58. The summed E-state index contributed by atoms with van der Waals surface area (Å²) in [5, 5.41) is 4.22. The molecule has 2 heteroatoms. The van der Waals surface area contributed by atoms with Gasteiger partial charge in [0.2, 0.25) is 0 Å². The van der Waals surface area contributed by atoms with Crippen molar-refractivity contribution >= 4 is 11.6 Å². The molecule has 96 valence electrons. The lowest BCUT2D eigenvalue weighted by atomic mass is 9.98. The first kappa shape index (κ1) is 14.5. The molecule has 1 nitrogen and oxygen atoms in total. The monoisotopic (exact) mass is 253 g/mol. The summed E-state index contributed by atoms with van der Waals surface area (Å²) >= 11 is 5.88. The number of benzene rings is 1. The molecule has 1 atom stereocenters. The lowest BCUT2D eigenvalue weighted by Gasteiger charge is -2.16. The molecule has 0 aliphatic heterocycles. The van der Waals surface area contributed by atoms with E-state index in [9.17, 15) is 0 Å². The summed E-state index contributed by atoms with van der Waals surface area (Å²) in [6.07, 6.45) is 4.96. The van der Waals surface area contributed by atoms with E-state index >= 15 is 0 Å². The van der Waals surface area contributed by atoms with Crippen molar-refractivity contribution < 1.29 is 0 Å². The summed E-state index contributed by atoms with van der Waals surface area (Å²) in [5.74, 6) is 0.808. The number of halogens is 1. The van der Waals surface area contributed by atoms with Gasteiger partial charge in [0.15, 0.2) is 0 Å². The molecule has 0 saturated carbocycles. The van der Waals surface area contributed by atoms with Gasteiger partial charge in [-0.3, -0.25) is 0 Å². The highest BCUT2D eigenvalue weighted by atomic mass is 35.5. The van der Waals surface area contributed by atoms with Crippen LogP contribution in [0.5, 0.6) is 0 Å². The van der Waals surface area contributed by atoms with Crippen LogP contribution in [0.3, 0.4) is 0 Å². The maximum atomic E-state index is 5.88. The summed E-state index contributed by atoms with van der Waals surface area (Å²) in [4.78, 5) is 0. The molecule has 1 N–H and O–H groups in total. The van der Waals surface area contributed by atoms with Crippen molar-refractivity contribution in [2.45, 2.75) is 45.6 Å². The molecule has 0 heterocycles. The largest absolute Gasteiger partial charge is 0.317 e. The predicted molar refractivity (Wildman–Crippen MR) is 76.7 cm³/mol. The molecule has 0 bridgehead atoms. The molecule has 17 heavy (non-hydrogen) atoms. The number of hydrogen-bond donors (Lipinski definition) is 1. The second kappa shape index (κ2) is 7.73. The molecule has 0 saturated heterocycles. The van der Waals surface area contributed by atoms with Crippen LogP contribution in [0, 0.1) is 5.92 Å². The van der Waals surface area contributed by atoms with Gasteiger partial charge in [-0.05, 0) is 43.5 Å². The van der Waals surface area contributed by atoms with Crippen LogP contribution in [0.4, 0.5) is 0 Å². The summed E-state index contributed by atoms with van der Waals surface area (Å²) < 4.78 is 0. The Labute approximate surface area is 111 Å². The van der Waals surface area contributed by atoms with E-state index in [1.165, 1.54) is 24.8 Å². The highest BCUT2D eigenvalue weighted by Crippen LogP contribution is 2.14. The molecule has 0 amide bonds. The van der Waals surface area contributed by atoms with Gasteiger partial charge < -0.3 is 5.32 Å². The molecule has 1 aromatic rings. The molecule has 1 aromatic carbocycles. The standard InChI is InChI=1S/C15H24ClN/c1-12(2)5-4-6-15(17-3)11-13-7-9-14(16)10-8-13/h7-10,12,15,17H,4-6,11H2,1-3H3. The van der Waals surface area contributed by atoms with Crippen molar-refractivity contribution in [2.24, 2.45) is 5.92 Å². The Morgan fingerprint density at radius 3 is 2.29 bits per heavy atom. The Balaban J connectivity index is 2.38. The summed E-state index contributed by atoms with van der Waals surface area (Å²) in [6, 6.07) is 8.76. The first-order valence-electron chi connectivity index (χ1n) is 6.53. The van der Waals surface area contributed by atoms with Crippen LogP contribution in [0.1, 0.15) is 38.7 Å². The SMILES string of the molecule is CNC(CCCC(C)C)Cc1ccc(Cl)cc1. The molecule has 1 unspecified atom stereocenters. The fourth-order valence-electron chi connectivity index (χ4n) is 2.03. The van der Waals surface area contributed by atoms with E-state index in [1.54, 1.807) is 0 Å². The second-order valence-electron chi connectivity index (χ2n) is 5.14. The van der Waals surface area contributed by atoms with Gasteiger partial charge in [-0.1, -0.05) is 50.4 Å². The van der Waals surface area contributed by atoms with Gasteiger partial charge >= 0.3 is 0 Å². The van der Waals surface area contributed by atoms with Crippen LogP contribution >= 0.6 is 11.6 Å². The first-order valence-corrected chi connectivity index (χ1v) is 6.91. The average molecular weight is 254 g/mol. The van der Waals surface area contributed by atoms with Crippen molar-refractivity contribution in [3.8, 4) is 0 Å². The fraction of sp³-hybridized carbons (Fsp3) is 0.600. The minimum Gasteiger partial charge on any atom is -0.317 e. The van der Waals surface area contributed by atoms with E-state index in [0.717, 1.165) is 17.4 Å². The van der Waals surface area contributed by atoms with Crippen molar-refractivity contribution in [3.05, 3.63) is 34.9 Å². The first-order chi connectivity index (χ1) is 8.11. The maximum absolute atomic E-state index is 5.88. The lowest BCUT2D eigenvalue weighted by molar-refractivity contribution is 0.457. The zero-order chi connectivity index (χ0) is 12.7. The smallest absolute Gasteiger partial charge is 0.0406 e. The Morgan fingerprint density at radius 1 is 1.12 bits per heavy atom. The Morgan fingerprint density at radius 2 is 1.76 bits per heavy atom. The molecule has 0 fully saturated rings. The number of nitrogens with one attached hydrogen (secondary N) is 1. The van der Waals surface area contributed by atoms with Crippen LogP contribution in [-0.2, 0) is 6.42 Å². The van der Waals surface area contributed by atoms with Gasteiger partial charge in [-0.15, -0.1) is 0 Å². The number of likely N-dealkylation sites (N-methyl/N-ethyl adjacent to an activating group) is 1. The predicted octanol–water partition coefficient (Wildman–Crippen LogP) is 4.30. The van der Waals surface area contributed by atoms with Crippen LogP contribution in [0.2, 0.25) is 5.02 Å². The third-order valence-electron chi connectivity index (χ3n) is 3.14. The zero-order valence-corrected chi connectivity index (χ0v) is 11.9. The summed E-state index contributed by atoms with van der Waals surface area (Å²) in [6.45, 7) is 4.57. The number of hydrogen-bond acceptors (Lipinski definition) is 1. The van der Waals surface area contributed by atoms with E-state index in [0.29, 0.717) is 6.04 Å². The maximum Gasteiger partial charge on any atom is 0.0406 e. The van der Waals surface area contributed by atoms with Gasteiger partial charge in [0.05, 0.1) is 0 Å². The molecule has 0 aliphatic carbocycles. The van der Waals surface area contributed by atoms with E-state index in [1.807, 2.05) is 12.1 Å². The minimum absolute atomic E-state index is 0.579. The van der Waals surface area contributed by atoms with Crippen molar-refractivity contribution in [2.75, 3.05) is 7.05 Å². The third-order valence-corrected chi connectivity index (χ3v) is 3.39. The fourth-order valence-corrected chi connectivity index (χ4v) is 2.15. The minimum atomic E-state index is 0.579. The highest BCUT2D eigenvalue weighted by molar-refractivity contribution is 6.30. The third kappa shape index (κ3) is 6.09. The van der Waals surface area contributed by atoms with E-state index in [4.69, 9.17) is 11.6 Å².